The number of benzene rings is 1. The number of carbonyl (C=O) groups is 1. The average molecular weight is 232 g/mol. The summed E-state index contributed by atoms with van der Waals surface area (Å²) in [5, 5.41) is 0. The maximum Gasteiger partial charge on any atom is 0.165 e. The van der Waals surface area contributed by atoms with Crippen molar-refractivity contribution in [2.75, 3.05) is 0 Å². The second-order valence-electron chi connectivity index (χ2n) is 5.69. The van der Waals surface area contributed by atoms with Crippen LogP contribution in [-0.4, -0.2) is 5.78 Å². The van der Waals surface area contributed by atoms with Crippen LogP contribution in [0.5, 0.6) is 0 Å². The van der Waals surface area contributed by atoms with Crippen molar-refractivity contribution < 1.29 is 4.79 Å². The van der Waals surface area contributed by atoms with E-state index in [1.165, 1.54) is 5.56 Å². The highest BCUT2D eigenvalue weighted by molar-refractivity contribution is 5.97. The molecule has 1 rings (SSSR count). The van der Waals surface area contributed by atoms with Crippen LogP contribution in [0.3, 0.4) is 0 Å². The maximum atomic E-state index is 12.1. The van der Waals surface area contributed by atoms with Crippen molar-refractivity contribution in [1.29, 1.82) is 0 Å². The molecule has 0 N–H and O–H groups in total. The lowest BCUT2D eigenvalue weighted by Gasteiger charge is -2.14. The van der Waals surface area contributed by atoms with Crippen LogP contribution < -0.4 is 0 Å². The van der Waals surface area contributed by atoms with E-state index in [4.69, 9.17) is 0 Å². The first-order valence-electron chi connectivity index (χ1n) is 6.55. The Morgan fingerprint density at radius 3 is 1.94 bits per heavy atom. The lowest BCUT2D eigenvalue weighted by atomic mass is 9.89. The molecule has 94 valence electrons. The van der Waals surface area contributed by atoms with Crippen molar-refractivity contribution in [3.05, 3.63) is 35.4 Å². The standard InChI is InChI=1S/C16H24O/c1-11(2)10-14-6-8-15(9-7-14)16(17)13(5)12(3)4/h6-9,11-13H,10H2,1-5H3. The van der Waals surface area contributed by atoms with E-state index in [2.05, 4.69) is 39.8 Å². The molecule has 1 unspecified atom stereocenters. The molecule has 1 aromatic rings. The molecular weight excluding hydrogens is 208 g/mol. The van der Waals surface area contributed by atoms with E-state index in [-0.39, 0.29) is 11.7 Å². The van der Waals surface area contributed by atoms with Crippen LogP contribution in [0.1, 0.15) is 50.5 Å². The molecule has 1 atom stereocenters. The number of hydrogen-bond donors (Lipinski definition) is 0. The third kappa shape index (κ3) is 3.99. The third-order valence-electron chi connectivity index (χ3n) is 3.30. The summed E-state index contributed by atoms with van der Waals surface area (Å²) >= 11 is 0. The highest BCUT2D eigenvalue weighted by Gasteiger charge is 2.18. The van der Waals surface area contributed by atoms with E-state index in [1.54, 1.807) is 0 Å². The molecule has 0 aliphatic rings. The van der Waals surface area contributed by atoms with Gasteiger partial charge in [0.15, 0.2) is 5.78 Å². The highest BCUT2D eigenvalue weighted by Crippen LogP contribution is 2.18. The van der Waals surface area contributed by atoms with E-state index >= 15 is 0 Å². The highest BCUT2D eigenvalue weighted by atomic mass is 16.1. The van der Waals surface area contributed by atoms with Crippen LogP contribution in [0.25, 0.3) is 0 Å². The minimum Gasteiger partial charge on any atom is -0.294 e. The van der Waals surface area contributed by atoms with Crippen LogP contribution >= 0.6 is 0 Å². The van der Waals surface area contributed by atoms with Gasteiger partial charge >= 0.3 is 0 Å². The molecule has 0 amide bonds. The predicted octanol–water partition coefficient (Wildman–Crippen LogP) is 4.36. The Morgan fingerprint density at radius 1 is 1.00 bits per heavy atom. The average Bonchev–Trinajstić information content (AvgIpc) is 2.27. The van der Waals surface area contributed by atoms with Crippen LogP contribution in [0, 0.1) is 17.8 Å². The number of carbonyl (C=O) groups excluding carboxylic acids is 1. The molecule has 0 radical (unpaired) electrons. The van der Waals surface area contributed by atoms with Gasteiger partial charge in [0.2, 0.25) is 0 Å². The smallest absolute Gasteiger partial charge is 0.165 e. The SMILES string of the molecule is CC(C)Cc1ccc(C(=O)C(C)C(C)C)cc1. The van der Waals surface area contributed by atoms with Gasteiger partial charge < -0.3 is 0 Å². The van der Waals surface area contributed by atoms with Gasteiger partial charge in [-0.05, 0) is 23.8 Å². The summed E-state index contributed by atoms with van der Waals surface area (Å²) in [7, 11) is 0. The van der Waals surface area contributed by atoms with Crippen LogP contribution in [-0.2, 0) is 6.42 Å². The Bertz CT molecular complexity index is 360. The Morgan fingerprint density at radius 2 is 1.53 bits per heavy atom. The van der Waals surface area contributed by atoms with Gasteiger partial charge in [-0.15, -0.1) is 0 Å². The number of hydrogen-bond acceptors (Lipinski definition) is 1. The van der Waals surface area contributed by atoms with Gasteiger partial charge in [-0.1, -0.05) is 58.9 Å². The van der Waals surface area contributed by atoms with Crippen LogP contribution in [0.4, 0.5) is 0 Å². The molecular formula is C16H24O. The summed E-state index contributed by atoms with van der Waals surface area (Å²) < 4.78 is 0. The lowest BCUT2D eigenvalue weighted by molar-refractivity contribution is 0.0900. The monoisotopic (exact) mass is 232 g/mol. The molecule has 0 fully saturated rings. The fourth-order valence-corrected chi connectivity index (χ4v) is 1.84. The lowest BCUT2D eigenvalue weighted by Crippen LogP contribution is -2.16. The normalized spacial score (nSPS) is 13.1. The van der Waals surface area contributed by atoms with Crippen molar-refractivity contribution in [3.63, 3.8) is 0 Å². The number of rotatable bonds is 5. The molecule has 0 aliphatic heterocycles. The first-order chi connectivity index (χ1) is 7.91. The van der Waals surface area contributed by atoms with Gasteiger partial charge in [0, 0.05) is 11.5 Å². The zero-order valence-corrected chi connectivity index (χ0v) is 11.7. The summed E-state index contributed by atoms with van der Waals surface area (Å²) in [5.74, 6) is 1.42. The zero-order chi connectivity index (χ0) is 13.0. The van der Waals surface area contributed by atoms with Gasteiger partial charge in [-0.25, -0.2) is 0 Å². The molecule has 0 bridgehead atoms. The first-order valence-corrected chi connectivity index (χ1v) is 6.55. The van der Waals surface area contributed by atoms with Crippen molar-refractivity contribution in [3.8, 4) is 0 Å². The summed E-state index contributed by atoms with van der Waals surface area (Å²) in [6.07, 6.45) is 1.08. The molecule has 1 nitrogen and oxygen atoms in total. The minimum atomic E-state index is 0.103. The summed E-state index contributed by atoms with van der Waals surface area (Å²) in [6.45, 7) is 10.6. The first kappa shape index (κ1) is 14.0. The van der Waals surface area contributed by atoms with Gasteiger partial charge in [-0.3, -0.25) is 4.79 Å². The molecule has 0 aromatic heterocycles. The Labute approximate surface area is 105 Å². The van der Waals surface area contributed by atoms with E-state index < -0.39 is 0 Å². The van der Waals surface area contributed by atoms with E-state index in [1.807, 2.05) is 19.1 Å². The molecule has 0 saturated heterocycles. The van der Waals surface area contributed by atoms with Crippen molar-refractivity contribution >= 4 is 5.78 Å². The topological polar surface area (TPSA) is 17.1 Å². The largest absolute Gasteiger partial charge is 0.294 e. The van der Waals surface area contributed by atoms with Gasteiger partial charge in [-0.2, -0.15) is 0 Å². The summed E-state index contributed by atoms with van der Waals surface area (Å²) in [6, 6.07) is 8.11. The van der Waals surface area contributed by atoms with E-state index in [0.717, 1.165) is 12.0 Å². The molecule has 17 heavy (non-hydrogen) atoms. The zero-order valence-electron chi connectivity index (χ0n) is 11.7. The predicted molar refractivity (Wildman–Crippen MR) is 73.3 cm³/mol. The molecule has 0 aliphatic carbocycles. The molecule has 0 heterocycles. The molecule has 0 spiro atoms. The quantitative estimate of drug-likeness (QED) is 0.689. The fraction of sp³-hybridized carbons (Fsp3) is 0.562. The van der Waals surface area contributed by atoms with Crippen LogP contribution in [0.15, 0.2) is 24.3 Å². The summed E-state index contributed by atoms with van der Waals surface area (Å²) in [5.41, 5.74) is 2.16. The minimum absolute atomic E-state index is 0.103. The Hall–Kier alpha value is -1.11. The van der Waals surface area contributed by atoms with Gasteiger partial charge in [0.05, 0.1) is 0 Å². The second kappa shape index (κ2) is 6.00. The fourth-order valence-electron chi connectivity index (χ4n) is 1.84. The third-order valence-corrected chi connectivity index (χ3v) is 3.30. The maximum absolute atomic E-state index is 12.1. The summed E-state index contributed by atoms with van der Waals surface area (Å²) in [4.78, 5) is 12.1. The van der Waals surface area contributed by atoms with Gasteiger partial charge in [0.1, 0.15) is 0 Å². The second-order valence-corrected chi connectivity index (χ2v) is 5.69. The number of ketones is 1. The van der Waals surface area contributed by atoms with Crippen molar-refractivity contribution in [2.45, 2.75) is 41.0 Å². The van der Waals surface area contributed by atoms with E-state index in [0.29, 0.717) is 11.8 Å². The Balaban J connectivity index is 2.77. The number of Topliss-reactive ketones (excluding diaryl/α,β-unsaturated/α-hetero) is 1. The van der Waals surface area contributed by atoms with Crippen molar-refractivity contribution in [1.82, 2.24) is 0 Å². The van der Waals surface area contributed by atoms with Crippen LogP contribution in [0.2, 0.25) is 0 Å². The van der Waals surface area contributed by atoms with Crippen molar-refractivity contribution in [2.24, 2.45) is 17.8 Å². The molecule has 0 saturated carbocycles. The Kier molecular flexibility index (Phi) is 4.92. The van der Waals surface area contributed by atoms with Gasteiger partial charge in [0.25, 0.3) is 0 Å². The molecule has 1 heteroatoms. The molecule has 1 aromatic carbocycles. The van der Waals surface area contributed by atoms with E-state index in [9.17, 15) is 4.79 Å².